The van der Waals surface area contributed by atoms with Crippen LogP contribution in [-0.4, -0.2) is 53.0 Å². The molecule has 1 saturated heterocycles. The Morgan fingerprint density at radius 2 is 1.83 bits per heavy atom. The number of rotatable bonds is 4. The smallest absolute Gasteiger partial charge is 0.256 e. The molecule has 5 rings (SSSR count). The van der Waals surface area contributed by atoms with Crippen molar-refractivity contribution in [3.63, 3.8) is 0 Å². The molecule has 0 unspecified atom stereocenters. The van der Waals surface area contributed by atoms with Crippen LogP contribution in [0, 0.1) is 12.7 Å². The van der Waals surface area contributed by atoms with E-state index in [1.807, 2.05) is 24.3 Å². The van der Waals surface area contributed by atoms with Crippen LogP contribution in [0.4, 0.5) is 15.8 Å². The molecule has 8 heteroatoms. The molecule has 0 saturated carbocycles. The highest BCUT2D eigenvalue weighted by molar-refractivity contribution is 6.33. The summed E-state index contributed by atoms with van der Waals surface area (Å²) >= 11 is 6.45. The fourth-order valence-electron chi connectivity index (χ4n) is 4.83. The summed E-state index contributed by atoms with van der Waals surface area (Å²) < 4.78 is 15.5. The van der Waals surface area contributed by atoms with E-state index in [1.165, 1.54) is 0 Å². The van der Waals surface area contributed by atoms with Crippen molar-refractivity contribution in [2.24, 2.45) is 0 Å². The maximum atomic E-state index is 15.5. The predicted molar refractivity (Wildman–Crippen MR) is 145 cm³/mol. The largest absolute Gasteiger partial charge is 0.366 e. The number of anilines is 2. The van der Waals surface area contributed by atoms with Crippen LogP contribution in [0.2, 0.25) is 5.02 Å². The molecule has 3 aromatic carbocycles. The van der Waals surface area contributed by atoms with Crippen molar-refractivity contribution in [2.45, 2.75) is 32.9 Å². The number of aromatic amines is 1. The van der Waals surface area contributed by atoms with E-state index in [0.29, 0.717) is 51.0 Å². The van der Waals surface area contributed by atoms with Gasteiger partial charge in [0.25, 0.3) is 5.91 Å². The first-order chi connectivity index (χ1) is 17.2. The SMILES string of the molecule is Cc1c(C(=O)Nc2ccc(Cl)c(-c3nc4ccccc4[nH]3)c2)ccc(N2C[C@@H](C)N(C)[C@@H](C)C2)c1F. The third-order valence-corrected chi connectivity index (χ3v) is 7.51. The number of likely N-dealkylation sites (N-methyl/N-ethyl adjacent to an activating group) is 1. The van der Waals surface area contributed by atoms with Crippen LogP contribution in [0.5, 0.6) is 0 Å². The number of nitrogens with zero attached hydrogens (tertiary/aromatic N) is 3. The fourth-order valence-corrected chi connectivity index (χ4v) is 5.03. The summed E-state index contributed by atoms with van der Waals surface area (Å²) in [5.74, 6) is -0.124. The highest BCUT2D eigenvalue weighted by Crippen LogP contribution is 2.32. The minimum Gasteiger partial charge on any atom is -0.366 e. The Hall–Kier alpha value is -3.42. The van der Waals surface area contributed by atoms with Gasteiger partial charge in [-0.1, -0.05) is 23.7 Å². The second kappa shape index (κ2) is 9.56. The van der Waals surface area contributed by atoms with E-state index < -0.39 is 0 Å². The summed E-state index contributed by atoms with van der Waals surface area (Å²) in [7, 11) is 2.10. The van der Waals surface area contributed by atoms with Gasteiger partial charge in [0.1, 0.15) is 11.6 Å². The zero-order chi connectivity index (χ0) is 25.6. The maximum Gasteiger partial charge on any atom is 0.256 e. The Morgan fingerprint density at radius 1 is 1.11 bits per heavy atom. The Bertz CT molecular complexity index is 1410. The summed E-state index contributed by atoms with van der Waals surface area (Å²) in [6, 6.07) is 16.9. The van der Waals surface area contributed by atoms with E-state index >= 15 is 4.39 Å². The van der Waals surface area contributed by atoms with Gasteiger partial charge in [-0.05, 0) is 75.8 Å². The first-order valence-electron chi connectivity index (χ1n) is 12.0. The third-order valence-electron chi connectivity index (χ3n) is 7.18. The molecule has 6 nitrogen and oxygen atoms in total. The molecule has 1 aliphatic heterocycles. The zero-order valence-corrected chi connectivity index (χ0v) is 21.5. The lowest BCUT2D eigenvalue weighted by Gasteiger charge is -2.43. The number of imidazole rings is 1. The van der Waals surface area contributed by atoms with Gasteiger partial charge >= 0.3 is 0 Å². The predicted octanol–water partition coefficient (Wildman–Crippen LogP) is 6.11. The topological polar surface area (TPSA) is 64.3 Å². The number of nitrogens with one attached hydrogen (secondary N) is 2. The molecule has 1 amide bonds. The van der Waals surface area contributed by atoms with E-state index in [2.05, 4.69) is 46.0 Å². The van der Waals surface area contributed by atoms with Crippen molar-refractivity contribution >= 4 is 39.9 Å². The number of para-hydroxylation sites is 2. The third kappa shape index (κ3) is 4.45. The number of carbonyl (C=O) groups excluding carboxylic acids is 1. The van der Waals surface area contributed by atoms with E-state index in [1.54, 1.807) is 37.3 Å². The Labute approximate surface area is 215 Å². The summed E-state index contributed by atoms with van der Waals surface area (Å²) in [6.07, 6.45) is 0. The summed E-state index contributed by atoms with van der Waals surface area (Å²) in [6.45, 7) is 7.40. The van der Waals surface area contributed by atoms with E-state index in [9.17, 15) is 4.79 Å². The fraction of sp³-hybridized carbons (Fsp3) is 0.286. The zero-order valence-electron chi connectivity index (χ0n) is 20.8. The van der Waals surface area contributed by atoms with Crippen LogP contribution in [0.15, 0.2) is 54.6 Å². The minimum absolute atomic E-state index is 0.298. The molecule has 186 valence electrons. The number of benzene rings is 3. The molecule has 2 N–H and O–H groups in total. The van der Waals surface area contributed by atoms with Crippen molar-refractivity contribution in [1.29, 1.82) is 0 Å². The number of hydrogen-bond acceptors (Lipinski definition) is 4. The number of piperazine rings is 1. The van der Waals surface area contributed by atoms with Crippen LogP contribution in [0.25, 0.3) is 22.4 Å². The monoisotopic (exact) mass is 505 g/mol. The molecule has 0 radical (unpaired) electrons. The maximum absolute atomic E-state index is 15.5. The lowest BCUT2D eigenvalue weighted by Crippen LogP contribution is -2.55. The molecule has 0 bridgehead atoms. The second-order valence-corrected chi connectivity index (χ2v) is 10.00. The number of aromatic nitrogens is 2. The lowest BCUT2D eigenvalue weighted by molar-refractivity contribution is 0.102. The average molecular weight is 506 g/mol. The normalized spacial score (nSPS) is 18.6. The summed E-state index contributed by atoms with van der Waals surface area (Å²) in [5, 5.41) is 3.40. The molecule has 0 aliphatic carbocycles. The summed E-state index contributed by atoms with van der Waals surface area (Å²) in [4.78, 5) is 25.4. The van der Waals surface area contributed by atoms with E-state index in [-0.39, 0.29) is 11.7 Å². The van der Waals surface area contributed by atoms with Crippen molar-refractivity contribution in [3.8, 4) is 11.4 Å². The van der Waals surface area contributed by atoms with Crippen LogP contribution in [0.3, 0.4) is 0 Å². The Morgan fingerprint density at radius 3 is 2.56 bits per heavy atom. The van der Waals surface area contributed by atoms with Crippen molar-refractivity contribution < 1.29 is 9.18 Å². The van der Waals surface area contributed by atoms with Gasteiger partial charge in [-0.25, -0.2) is 9.37 Å². The molecule has 2 atom stereocenters. The van der Waals surface area contributed by atoms with Crippen LogP contribution < -0.4 is 10.2 Å². The molecule has 2 heterocycles. The molecule has 1 aliphatic rings. The van der Waals surface area contributed by atoms with Crippen LogP contribution in [-0.2, 0) is 0 Å². The van der Waals surface area contributed by atoms with Gasteiger partial charge in [-0.3, -0.25) is 9.69 Å². The van der Waals surface area contributed by atoms with E-state index in [4.69, 9.17) is 11.6 Å². The van der Waals surface area contributed by atoms with Gasteiger partial charge in [0.2, 0.25) is 0 Å². The molecule has 0 spiro atoms. The second-order valence-electron chi connectivity index (χ2n) is 9.59. The average Bonchev–Trinajstić information content (AvgIpc) is 3.29. The van der Waals surface area contributed by atoms with Gasteiger partial charge < -0.3 is 15.2 Å². The molecule has 1 fully saturated rings. The molecule has 1 aromatic heterocycles. The molecular formula is C28H29ClFN5O. The number of amides is 1. The molecule has 4 aromatic rings. The molecule has 36 heavy (non-hydrogen) atoms. The Balaban J connectivity index is 1.39. The number of fused-ring (bicyclic) bond motifs is 1. The first-order valence-corrected chi connectivity index (χ1v) is 12.4. The molecular weight excluding hydrogens is 477 g/mol. The summed E-state index contributed by atoms with van der Waals surface area (Å²) in [5.41, 5.74) is 4.10. The van der Waals surface area contributed by atoms with Crippen molar-refractivity contribution in [1.82, 2.24) is 14.9 Å². The standard InChI is InChI=1S/C28H29ClFN5O/c1-16-14-35(15-17(2)34(16)4)25-12-10-20(18(3)26(25)30)28(36)31-19-9-11-22(29)21(13-19)27-32-23-7-5-6-8-24(23)33-27/h5-13,16-17H,14-15H2,1-4H3,(H,31,36)(H,32,33)/t16-,17+. The highest BCUT2D eigenvalue weighted by atomic mass is 35.5. The van der Waals surface area contributed by atoms with Gasteiger partial charge in [0.05, 0.1) is 21.7 Å². The highest BCUT2D eigenvalue weighted by Gasteiger charge is 2.29. The van der Waals surface area contributed by atoms with Gasteiger partial charge in [0.15, 0.2) is 0 Å². The van der Waals surface area contributed by atoms with Crippen molar-refractivity contribution in [3.05, 3.63) is 76.6 Å². The van der Waals surface area contributed by atoms with Crippen LogP contribution >= 0.6 is 11.6 Å². The van der Waals surface area contributed by atoms with Crippen LogP contribution in [0.1, 0.15) is 29.8 Å². The van der Waals surface area contributed by atoms with Crippen molar-refractivity contribution in [2.75, 3.05) is 30.4 Å². The van der Waals surface area contributed by atoms with Gasteiger partial charge in [-0.15, -0.1) is 0 Å². The van der Waals surface area contributed by atoms with Gasteiger partial charge in [0, 0.05) is 42.0 Å². The minimum atomic E-state index is -0.379. The van der Waals surface area contributed by atoms with E-state index in [0.717, 1.165) is 24.1 Å². The Kier molecular flexibility index (Phi) is 6.45. The lowest BCUT2D eigenvalue weighted by atomic mass is 10.0. The number of halogens is 2. The first kappa shape index (κ1) is 24.3. The number of carbonyl (C=O) groups is 1. The number of H-pyrrole nitrogens is 1. The number of hydrogen-bond donors (Lipinski definition) is 2. The van der Waals surface area contributed by atoms with Gasteiger partial charge in [-0.2, -0.15) is 0 Å². The quantitative estimate of drug-likeness (QED) is 0.351.